The van der Waals surface area contributed by atoms with Crippen molar-refractivity contribution in [2.24, 2.45) is 5.41 Å². The quantitative estimate of drug-likeness (QED) is 0.797. The summed E-state index contributed by atoms with van der Waals surface area (Å²) < 4.78 is 0. The van der Waals surface area contributed by atoms with Crippen LogP contribution < -0.4 is 10.6 Å². The number of hydrogen-bond acceptors (Lipinski definition) is 4. The van der Waals surface area contributed by atoms with Crippen LogP contribution in [0.3, 0.4) is 0 Å². The number of aryl methyl sites for hydroxylation is 2. The van der Waals surface area contributed by atoms with E-state index in [1.807, 2.05) is 13.8 Å². The van der Waals surface area contributed by atoms with Crippen molar-refractivity contribution < 1.29 is 14.7 Å². The molecule has 0 aliphatic carbocycles. The fraction of sp³-hybridized carbons (Fsp3) is 0.615. The number of anilines is 1. The van der Waals surface area contributed by atoms with Crippen molar-refractivity contribution in [1.82, 2.24) is 10.3 Å². The number of carboxylic acids is 1. The van der Waals surface area contributed by atoms with Crippen molar-refractivity contribution in [3.63, 3.8) is 0 Å². The standard InChI is InChI=1S/C13H21N3O3S/c1-6-8-7(2)20-12(14-8)16-11(19)15-9(10(17)18)13(3,4)5/h9H,6H2,1-5H3,(H,17,18)(H2,14,15,16,19)/t9-/m1/s1. The van der Waals surface area contributed by atoms with E-state index in [1.165, 1.54) is 11.3 Å². The summed E-state index contributed by atoms with van der Waals surface area (Å²) in [6, 6.07) is -1.52. The predicted octanol–water partition coefficient (Wildman–Crippen LogP) is 2.63. The number of carboxylic acid groups (broad SMARTS) is 1. The Morgan fingerprint density at radius 2 is 2.00 bits per heavy atom. The maximum atomic E-state index is 11.9. The minimum Gasteiger partial charge on any atom is -0.480 e. The molecule has 0 aliphatic heterocycles. The number of aliphatic carboxylic acids is 1. The van der Waals surface area contributed by atoms with E-state index in [-0.39, 0.29) is 0 Å². The van der Waals surface area contributed by atoms with Crippen molar-refractivity contribution in [3.8, 4) is 0 Å². The van der Waals surface area contributed by atoms with Crippen LogP contribution in [0.15, 0.2) is 0 Å². The smallest absolute Gasteiger partial charge is 0.326 e. The fourth-order valence-electron chi connectivity index (χ4n) is 1.72. The van der Waals surface area contributed by atoms with E-state index in [0.717, 1.165) is 17.0 Å². The van der Waals surface area contributed by atoms with Gasteiger partial charge in [-0.25, -0.2) is 14.6 Å². The molecule has 20 heavy (non-hydrogen) atoms. The highest BCUT2D eigenvalue weighted by Crippen LogP contribution is 2.23. The molecule has 1 heterocycles. The second-order valence-corrected chi connectivity index (χ2v) is 6.81. The van der Waals surface area contributed by atoms with Gasteiger partial charge in [0.25, 0.3) is 0 Å². The molecule has 0 saturated carbocycles. The Bertz CT molecular complexity index is 505. The van der Waals surface area contributed by atoms with Crippen LogP contribution in [0.4, 0.5) is 9.93 Å². The van der Waals surface area contributed by atoms with Crippen molar-refractivity contribution in [2.75, 3.05) is 5.32 Å². The molecule has 0 saturated heterocycles. The van der Waals surface area contributed by atoms with Gasteiger partial charge in [-0.1, -0.05) is 27.7 Å². The second-order valence-electron chi connectivity index (χ2n) is 5.61. The molecular weight excluding hydrogens is 278 g/mol. The number of aromatic nitrogens is 1. The number of carbonyl (C=O) groups excluding carboxylic acids is 1. The van der Waals surface area contributed by atoms with Crippen LogP contribution in [0.1, 0.15) is 38.3 Å². The average Bonchev–Trinajstić information content (AvgIpc) is 2.64. The van der Waals surface area contributed by atoms with Crippen LogP contribution in [-0.4, -0.2) is 28.1 Å². The van der Waals surface area contributed by atoms with E-state index in [0.29, 0.717) is 5.13 Å². The molecule has 0 bridgehead atoms. The Labute approximate surface area is 122 Å². The number of urea groups is 1. The van der Waals surface area contributed by atoms with Gasteiger partial charge < -0.3 is 10.4 Å². The molecule has 1 rings (SSSR count). The predicted molar refractivity (Wildman–Crippen MR) is 79.3 cm³/mol. The Hall–Kier alpha value is -1.63. The van der Waals surface area contributed by atoms with Gasteiger partial charge in [0.05, 0.1) is 5.69 Å². The topological polar surface area (TPSA) is 91.3 Å². The molecule has 7 heteroatoms. The maximum absolute atomic E-state index is 11.9. The van der Waals surface area contributed by atoms with E-state index < -0.39 is 23.5 Å². The normalized spacial score (nSPS) is 12.8. The Morgan fingerprint density at radius 1 is 1.40 bits per heavy atom. The molecule has 2 amide bonds. The van der Waals surface area contributed by atoms with Crippen LogP contribution in [0, 0.1) is 12.3 Å². The molecule has 3 N–H and O–H groups in total. The Balaban J connectivity index is 2.73. The number of hydrogen-bond donors (Lipinski definition) is 3. The van der Waals surface area contributed by atoms with Crippen molar-refractivity contribution in [1.29, 1.82) is 0 Å². The summed E-state index contributed by atoms with van der Waals surface area (Å²) in [4.78, 5) is 28.4. The summed E-state index contributed by atoms with van der Waals surface area (Å²) >= 11 is 1.38. The first kappa shape index (κ1) is 16.4. The fourth-order valence-corrected chi connectivity index (χ4v) is 2.62. The largest absolute Gasteiger partial charge is 0.480 e. The van der Waals surface area contributed by atoms with Crippen molar-refractivity contribution in [3.05, 3.63) is 10.6 Å². The van der Waals surface area contributed by atoms with Gasteiger partial charge in [-0.3, -0.25) is 5.32 Å². The minimum absolute atomic E-state index is 0.481. The molecule has 1 aromatic rings. The summed E-state index contributed by atoms with van der Waals surface area (Å²) in [6.45, 7) is 9.21. The maximum Gasteiger partial charge on any atom is 0.326 e. The first-order valence-corrected chi connectivity index (χ1v) is 7.23. The van der Waals surface area contributed by atoms with Gasteiger partial charge in [0.15, 0.2) is 5.13 Å². The number of amides is 2. The molecule has 6 nitrogen and oxygen atoms in total. The van der Waals surface area contributed by atoms with Gasteiger partial charge in [-0.05, 0) is 18.8 Å². The van der Waals surface area contributed by atoms with Crippen LogP contribution in [-0.2, 0) is 11.2 Å². The zero-order valence-corrected chi connectivity index (χ0v) is 13.2. The summed E-state index contributed by atoms with van der Waals surface area (Å²) in [7, 11) is 0. The number of carbonyl (C=O) groups is 2. The van der Waals surface area contributed by atoms with Gasteiger partial charge in [0.1, 0.15) is 6.04 Å². The first-order valence-electron chi connectivity index (χ1n) is 6.41. The third-order valence-electron chi connectivity index (χ3n) is 2.84. The molecule has 0 aliphatic rings. The summed E-state index contributed by atoms with van der Waals surface area (Å²) in [6.07, 6.45) is 0.797. The van der Waals surface area contributed by atoms with Crippen molar-refractivity contribution in [2.45, 2.75) is 47.1 Å². The van der Waals surface area contributed by atoms with E-state index in [4.69, 9.17) is 5.11 Å². The summed E-state index contributed by atoms with van der Waals surface area (Å²) in [5, 5.41) is 14.7. The lowest BCUT2D eigenvalue weighted by Gasteiger charge is -2.27. The zero-order chi connectivity index (χ0) is 15.5. The number of nitrogens with zero attached hydrogens (tertiary/aromatic N) is 1. The third kappa shape index (κ3) is 4.19. The lowest BCUT2D eigenvalue weighted by atomic mass is 9.87. The molecule has 1 atom stereocenters. The minimum atomic E-state index is -1.06. The van der Waals surface area contributed by atoms with E-state index in [2.05, 4.69) is 15.6 Å². The molecule has 0 fully saturated rings. The Kier molecular flexibility index (Phi) is 5.10. The summed E-state index contributed by atoms with van der Waals surface area (Å²) in [5.41, 5.74) is 0.368. The average molecular weight is 299 g/mol. The van der Waals surface area contributed by atoms with Crippen LogP contribution in [0.2, 0.25) is 0 Å². The molecule has 1 aromatic heterocycles. The number of nitrogens with one attached hydrogen (secondary N) is 2. The van der Waals surface area contributed by atoms with Crippen molar-refractivity contribution >= 4 is 28.5 Å². The second kappa shape index (κ2) is 6.21. The van der Waals surface area contributed by atoms with Crippen LogP contribution in [0.25, 0.3) is 0 Å². The highest BCUT2D eigenvalue weighted by Gasteiger charge is 2.32. The SMILES string of the molecule is CCc1nc(NC(=O)N[C@H](C(=O)O)C(C)(C)C)sc1C. The summed E-state index contributed by atoms with van der Waals surface area (Å²) in [5.74, 6) is -1.06. The Morgan fingerprint density at radius 3 is 2.40 bits per heavy atom. The highest BCUT2D eigenvalue weighted by molar-refractivity contribution is 7.15. The number of thiazole rings is 1. The molecule has 0 spiro atoms. The van der Waals surface area contributed by atoms with Gasteiger partial charge >= 0.3 is 12.0 Å². The van der Waals surface area contributed by atoms with Gasteiger partial charge in [-0.2, -0.15) is 0 Å². The van der Waals surface area contributed by atoms with Gasteiger partial charge in [-0.15, -0.1) is 11.3 Å². The lowest BCUT2D eigenvalue weighted by molar-refractivity contribution is -0.141. The molecule has 112 valence electrons. The van der Waals surface area contributed by atoms with E-state index in [9.17, 15) is 9.59 Å². The lowest BCUT2D eigenvalue weighted by Crippen LogP contribution is -2.50. The highest BCUT2D eigenvalue weighted by atomic mass is 32.1. The monoisotopic (exact) mass is 299 g/mol. The third-order valence-corrected chi connectivity index (χ3v) is 3.76. The molecule has 0 unspecified atom stereocenters. The zero-order valence-electron chi connectivity index (χ0n) is 12.4. The van der Waals surface area contributed by atoms with E-state index in [1.54, 1.807) is 20.8 Å². The first-order chi connectivity index (χ1) is 9.15. The number of rotatable bonds is 4. The van der Waals surface area contributed by atoms with Crippen LogP contribution in [0.5, 0.6) is 0 Å². The molecular formula is C13H21N3O3S. The van der Waals surface area contributed by atoms with Crippen LogP contribution >= 0.6 is 11.3 Å². The van der Waals surface area contributed by atoms with Gasteiger partial charge in [0, 0.05) is 4.88 Å². The van der Waals surface area contributed by atoms with Gasteiger partial charge in [0.2, 0.25) is 0 Å². The van der Waals surface area contributed by atoms with E-state index >= 15 is 0 Å². The molecule has 0 radical (unpaired) electrons. The molecule has 0 aromatic carbocycles.